The fourth-order valence-corrected chi connectivity index (χ4v) is 5.47. The van der Waals surface area contributed by atoms with E-state index in [0.29, 0.717) is 24.1 Å². The summed E-state index contributed by atoms with van der Waals surface area (Å²) in [6, 6.07) is 0. The SMILES string of the molecule is CC/C=C\C/C=C\C/C=C\C/C=C\C/C=C\C/C=C\CCCCCCCOCC(COP(=O)(O)OCC[N+](C)(C)C)OC(=O)CCCCCCC. The van der Waals surface area contributed by atoms with Gasteiger partial charge >= 0.3 is 13.8 Å². The van der Waals surface area contributed by atoms with E-state index in [2.05, 4.69) is 86.8 Å². The van der Waals surface area contributed by atoms with Crippen molar-refractivity contribution in [2.45, 2.75) is 136 Å². The molecule has 0 aromatic carbocycles. The highest BCUT2D eigenvalue weighted by molar-refractivity contribution is 7.47. The summed E-state index contributed by atoms with van der Waals surface area (Å²) in [5.74, 6) is -0.339. The molecule has 0 fully saturated rings. The maximum atomic E-state index is 12.4. The van der Waals surface area contributed by atoms with Crippen LogP contribution in [0, 0.1) is 0 Å². The minimum absolute atomic E-state index is 0.0807. The van der Waals surface area contributed by atoms with E-state index in [1.54, 1.807) is 0 Å². The Kier molecular flexibility index (Phi) is 33.6. The van der Waals surface area contributed by atoms with Crippen LogP contribution in [0.15, 0.2) is 72.9 Å². The van der Waals surface area contributed by atoms with Gasteiger partial charge in [0.1, 0.15) is 19.3 Å². The Hall–Kier alpha value is -2.06. The molecule has 0 aliphatic rings. The molecule has 2 atom stereocenters. The van der Waals surface area contributed by atoms with Gasteiger partial charge in [0.2, 0.25) is 0 Å². The Labute approximate surface area is 312 Å². The lowest BCUT2D eigenvalue weighted by Gasteiger charge is -2.24. The van der Waals surface area contributed by atoms with Gasteiger partial charge in [-0.3, -0.25) is 13.8 Å². The molecule has 0 aliphatic heterocycles. The Morgan fingerprint density at radius 2 is 1.14 bits per heavy atom. The number of nitrogens with zero attached hydrogens (tertiary/aromatic N) is 1. The molecule has 0 aromatic rings. The van der Waals surface area contributed by atoms with Crippen molar-refractivity contribution in [1.29, 1.82) is 0 Å². The zero-order valence-corrected chi connectivity index (χ0v) is 34.0. The van der Waals surface area contributed by atoms with Gasteiger partial charge in [-0.2, -0.15) is 0 Å². The average molecular weight is 737 g/mol. The van der Waals surface area contributed by atoms with Gasteiger partial charge < -0.3 is 18.9 Å². The fraction of sp³-hybridized carbons (Fsp3) is 0.690. The van der Waals surface area contributed by atoms with E-state index >= 15 is 0 Å². The summed E-state index contributed by atoms with van der Waals surface area (Å²) in [5.41, 5.74) is 0. The lowest BCUT2D eigenvalue weighted by molar-refractivity contribution is -0.870. The van der Waals surface area contributed by atoms with E-state index in [9.17, 15) is 14.3 Å². The van der Waals surface area contributed by atoms with E-state index in [4.69, 9.17) is 18.5 Å². The number of phosphoric acid groups is 1. The van der Waals surface area contributed by atoms with Crippen LogP contribution in [0.25, 0.3) is 0 Å². The molecule has 0 radical (unpaired) electrons. The second-order valence-electron chi connectivity index (χ2n) is 13.9. The number of hydrogen-bond acceptors (Lipinski definition) is 6. The van der Waals surface area contributed by atoms with Crippen molar-refractivity contribution in [3.63, 3.8) is 0 Å². The topological polar surface area (TPSA) is 91.3 Å². The third kappa shape index (κ3) is 39.0. The molecule has 0 spiro atoms. The van der Waals surface area contributed by atoms with E-state index < -0.39 is 13.9 Å². The van der Waals surface area contributed by atoms with Gasteiger partial charge in [0, 0.05) is 13.0 Å². The van der Waals surface area contributed by atoms with E-state index in [-0.39, 0.29) is 25.8 Å². The molecule has 0 amide bonds. The van der Waals surface area contributed by atoms with Crippen molar-refractivity contribution in [3.8, 4) is 0 Å². The number of quaternary nitrogens is 1. The third-order valence-corrected chi connectivity index (χ3v) is 8.77. The molecular formula is C42H75NO7P+. The smallest absolute Gasteiger partial charge is 0.457 e. The average Bonchev–Trinajstić information content (AvgIpc) is 3.07. The Morgan fingerprint density at radius 1 is 0.627 bits per heavy atom. The molecule has 0 saturated heterocycles. The molecule has 9 heteroatoms. The Morgan fingerprint density at radius 3 is 1.71 bits per heavy atom. The van der Waals surface area contributed by atoms with Crippen molar-refractivity contribution in [1.82, 2.24) is 0 Å². The van der Waals surface area contributed by atoms with Crippen LogP contribution in [0.2, 0.25) is 0 Å². The molecule has 8 nitrogen and oxygen atoms in total. The predicted octanol–water partition coefficient (Wildman–Crippen LogP) is 11.2. The maximum absolute atomic E-state index is 12.4. The predicted molar refractivity (Wildman–Crippen MR) is 215 cm³/mol. The summed E-state index contributed by atoms with van der Waals surface area (Å²) in [5, 5.41) is 0. The minimum Gasteiger partial charge on any atom is -0.457 e. The van der Waals surface area contributed by atoms with Gasteiger partial charge in [-0.25, -0.2) is 4.57 Å². The molecule has 0 aromatic heterocycles. The van der Waals surface area contributed by atoms with Gasteiger partial charge in [0.15, 0.2) is 0 Å². The molecular weight excluding hydrogens is 661 g/mol. The first-order chi connectivity index (χ1) is 24.6. The van der Waals surface area contributed by atoms with E-state index in [0.717, 1.165) is 96.3 Å². The Balaban J connectivity index is 4.11. The number of hydrogen-bond donors (Lipinski definition) is 1. The van der Waals surface area contributed by atoms with Crippen LogP contribution < -0.4 is 0 Å². The number of allylic oxidation sites excluding steroid dienone is 12. The van der Waals surface area contributed by atoms with Crippen LogP contribution in [0.5, 0.6) is 0 Å². The van der Waals surface area contributed by atoms with Crippen LogP contribution in [-0.2, 0) is 27.9 Å². The lowest BCUT2D eigenvalue weighted by Crippen LogP contribution is -2.37. The van der Waals surface area contributed by atoms with Crippen LogP contribution in [0.1, 0.15) is 129 Å². The standard InChI is InChI=1S/C42H74NO7P/c1-6-8-10-12-13-14-15-16-17-18-19-20-21-22-23-24-25-26-27-28-29-30-32-34-37-47-39-41(50-42(44)35-33-31-11-9-7-2)40-49-51(45,46)48-38-36-43(3,4)5/h8,10,13-14,16-17,19-20,22-23,25-26,41H,6-7,9,11-12,15,18,21,24,27-40H2,1-5H3/p+1/b10-8-,14-13-,17-16-,20-19-,23-22-,26-25-. The highest BCUT2D eigenvalue weighted by Crippen LogP contribution is 2.43. The molecule has 0 bridgehead atoms. The van der Waals surface area contributed by atoms with Crippen molar-refractivity contribution in [2.24, 2.45) is 0 Å². The van der Waals surface area contributed by atoms with Crippen molar-refractivity contribution >= 4 is 13.8 Å². The number of likely N-dealkylation sites (N-methyl/N-ethyl adjacent to an activating group) is 1. The summed E-state index contributed by atoms with van der Waals surface area (Å²) in [4.78, 5) is 22.5. The second-order valence-corrected chi connectivity index (χ2v) is 15.4. The summed E-state index contributed by atoms with van der Waals surface area (Å²) in [6.07, 6.45) is 44.0. The van der Waals surface area contributed by atoms with Gasteiger partial charge in [0.25, 0.3) is 0 Å². The first-order valence-corrected chi connectivity index (χ1v) is 21.2. The molecule has 0 saturated carbocycles. The van der Waals surface area contributed by atoms with E-state index in [1.807, 2.05) is 21.1 Å². The molecule has 0 rings (SSSR count). The monoisotopic (exact) mass is 737 g/mol. The number of carbonyl (C=O) groups is 1. The number of esters is 1. The molecule has 51 heavy (non-hydrogen) atoms. The second kappa shape index (κ2) is 35.0. The van der Waals surface area contributed by atoms with Crippen molar-refractivity contribution in [2.75, 3.05) is 54.1 Å². The van der Waals surface area contributed by atoms with Gasteiger partial charge in [-0.05, 0) is 64.2 Å². The molecule has 2 unspecified atom stereocenters. The molecule has 0 aliphatic carbocycles. The van der Waals surface area contributed by atoms with Crippen LogP contribution in [-0.4, -0.2) is 75.6 Å². The number of rotatable bonds is 35. The van der Waals surface area contributed by atoms with Crippen LogP contribution in [0.3, 0.4) is 0 Å². The number of ether oxygens (including phenoxy) is 2. The third-order valence-electron chi connectivity index (χ3n) is 7.78. The number of unbranched alkanes of at least 4 members (excludes halogenated alkanes) is 9. The zero-order chi connectivity index (χ0) is 37.7. The number of carbonyl (C=O) groups excluding carboxylic acids is 1. The largest absolute Gasteiger partial charge is 0.472 e. The lowest BCUT2D eigenvalue weighted by atomic mass is 10.1. The van der Waals surface area contributed by atoms with Crippen molar-refractivity contribution < 1.29 is 37.3 Å². The van der Waals surface area contributed by atoms with Crippen LogP contribution >= 0.6 is 7.82 Å². The summed E-state index contributed by atoms with van der Waals surface area (Å²) in [7, 11) is 1.64. The summed E-state index contributed by atoms with van der Waals surface area (Å²) >= 11 is 0. The highest BCUT2D eigenvalue weighted by atomic mass is 31.2. The minimum atomic E-state index is -4.27. The first kappa shape index (κ1) is 48.9. The normalized spacial score (nSPS) is 14.7. The van der Waals surface area contributed by atoms with E-state index in [1.165, 1.54) is 12.8 Å². The summed E-state index contributed by atoms with van der Waals surface area (Å²) < 4.78 is 34.6. The molecule has 1 N–H and O–H groups in total. The number of phosphoric ester groups is 1. The van der Waals surface area contributed by atoms with Gasteiger partial charge in [-0.15, -0.1) is 0 Å². The maximum Gasteiger partial charge on any atom is 0.472 e. The Bertz CT molecular complexity index is 1040. The highest BCUT2D eigenvalue weighted by Gasteiger charge is 2.26. The fourth-order valence-electron chi connectivity index (χ4n) is 4.73. The quantitative estimate of drug-likeness (QED) is 0.0228. The van der Waals surface area contributed by atoms with Crippen molar-refractivity contribution in [3.05, 3.63) is 72.9 Å². The molecule has 294 valence electrons. The summed E-state index contributed by atoms with van der Waals surface area (Å²) in [6.45, 7) is 5.34. The van der Waals surface area contributed by atoms with Crippen LogP contribution in [0.4, 0.5) is 0 Å². The zero-order valence-electron chi connectivity index (χ0n) is 33.1. The van der Waals surface area contributed by atoms with Gasteiger partial charge in [-0.1, -0.05) is 132 Å². The molecule has 0 heterocycles. The van der Waals surface area contributed by atoms with Gasteiger partial charge in [0.05, 0.1) is 34.4 Å². The first-order valence-electron chi connectivity index (χ1n) is 19.7.